The van der Waals surface area contributed by atoms with E-state index in [1.54, 1.807) is 0 Å². The molecule has 0 atom stereocenters. The molecular formula is C5H4ClNO2. The first-order chi connectivity index (χ1) is 4.34. The molecule has 0 fully saturated rings. The van der Waals surface area contributed by atoms with Crippen molar-refractivity contribution in [2.75, 3.05) is 5.88 Å². The van der Waals surface area contributed by atoms with Crippen molar-refractivity contribution in [3.05, 3.63) is 18.0 Å². The molecule has 48 valence electrons. The summed E-state index contributed by atoms with van der Waals surface area (Å²) in [6.07, 6.45) is 1.33. The first kappa shape index (κ1) is 6.29. The normalized spacial score (nSPS) is 9.44. The van der Waals surface area contributed by atoms with Gasteiger partial charge in [0.05, 0.1) is 5.88 Å². The zero-order valence-corrected chi connectivity index (χ0v) is 5.26. The molecule has 0 amide bonds. The third-order valence-corrected chi connectivity index (χ3v) is 1.09. The molecule has 0 bridgehead atoms. The summed E-state index contributed by atoms with van der Waals surface area (Å²) in [4.78, 5) is 10.6. The number of rotatable bonds is 2. The van der Waals surface area contributed by atoms with Crippen LogP contribution in [0.15, 0.2) is 16.9 Å². The van der Waals surface area contributed by atoms with Crippen molar-refractivity contribution in [1.29, 1.82) is 0 Å². The summed E-state index contributed by atoms with van der Waals surface area (Å²) in [6.45, 7) is 0. The fourth-order valence-electron chi connectivity index (χ4n) is 0.425. The first-order valence-corrected chi connectivity index (χ1v) is 2.87. The van der Waals surface area contributed by atoms with Crippen molar-refractivity contribution >= 4 is 17.4 Å². The summed E-state index contributed by atoms with van der Waals surface area (Å²) in [6, 6.07) is 1.48. The van der Waals surface area contributed by atoms with E-state index in [9.17, 15) is 4.79 Å². The monoisotopic (exact) mass is 145 g/mol. The van der Waals surface area contributed by atoms with Gasteiger partial charge in [-0.05, 0) is 0 Å². The molecule has 0 N–H and O–H groups in total. The Morgan fingerprint density at radius 3 is 3.11 bits per heavy atom. The molecule has 0 saturated heterocycles. The van der Waals surface area contributed by atoms with E-state index < -0.39 is 0 Å². The van der Waals surface area contributed by atoms with Crippen LogP contribution >= 0.6 is 11.6 Å². The maximum Gasteiger partial charge on any atom is 0.199 e. The van der Waals surface area contributed by atoms with Crippen molar-refractivity contribution in [3.63, 3.8) is 0 Å². The fraction of sp³-hybridized carbons (Fsp3) is 0.200. The van der Waals surface area contributed by atoms with Crippen LogP contribution in [0.2, 0.25) is 0 Å². The van der Waals surface area contributed by atoms with Crippen molar-refractivity contribution < 1.29 is 9.32 Å². The van der Waals surface area contributed by atoms with Crippen molar-refractivity contribution in [2.24, 2.45) is 0 Å². The molecule has 0 aliphatic rings. The van der Waals surface area contributed by atoms with Gasteiger partial charge in [0.25, 0.3) is 0 Å². The van der Waals surface area contributed by atoms with E-state index in [4.69, 9.17) is 11.6 Å². The Bertz CT molecular complexity index is 195. The largest absolute Gasteiger partial charge is 0.364 e. The highest BCUT2D eigenvalue weighted by atomic mass is 35.5. The lowest BCUT2D eigenvalue weighted by Crippen LogP contribution is -1.99. The number of Topliss-reactive ketones (excluding diaryl/α,β-unsaturated/α-hetero) is 1. The van der Waals surface area contributed by atoms with E-state index in [0.29, 0.717) is 0 Å². The Kier molecular flexibility index (Phi) is 1.85. The van der Waals surface area contributed by atoms with Gasteiger partial charge in [-0.2, -0.15) is 0 Å². The van der Waals surface area contributed by atoms with Crippen LogP contribution in [-0.4, -0.2) is 16.8 Å². The standard InChI is InChI=1S/C5H4ClNO2/c6-3-5(8)4-1-2-9-7-4/h1-2H,3H2. The summed E-state index contributed by atoms with van der Waals surface area (Å²) >= 11 is 5.21. The maximum absolute atomic E-state index is 10.6. The topological polar surface area (TPSA) is 43.1 Å². The van der Waals surface area contributed by atoms with Gasteiger partial charge in [0.2, 0.25) is 0 Å². The molecule has 0 aliphatic heterocycles. The number of carbonyl (C=O) groups is 1. The van der Waals surface area contributed by atoms with E-state index >= 15 is 0 Å². The number of halogens is 1. The van der Waals surface area contributed by atoms with Crippen molar-refractivity contribution in [2.45, 2.75) is 0 Å². The Balaban J connectivity index is 2.77. The van der Waals surface area contributed by atoms with Crippen LogP contribution in [0.25, 0.3) is 0 Å². The molecule has 0 spiro atoms. The molecule has 1 heterocycles. The predicted octanol–water partition coefficient (Wildman–Crippen LogP) is 1.10. The Hall–Kier alpha value is -0.830. The second kappa shape index (κ2) is 2.64. The third kappa shape index (κ3) is 1.29. The van der Waals surface area contributed by atoms with E-state index in [1.165, 1.54) is 12.3 Å². The number of carbonyl (C=O) groups excluding carboxylic acids is 1. The van der Waals surface area contributed by atoms with Crippen LogP contribution in [0.5, 0.6) is 0 Å². The second-order valence-corrected chi connectivity index (χ2v) is 1.71. The molecule has 0 radical (unpaired) electrons. The minimum Gasteiger partial charge on any atom is -0.364 e. The predicted molar refractivity (Wildman–Crippen MR) is 31.6 cm³/mol. The van der Waals surface area contributed by atoms with Gasteiger partial charge in [-0.3, -0.25) is 4.79 Å². The van der Waals surface area contributed by atoms with Gasteiger partial charge < -0.3 is 4.52 Å². The minimum atomic E-state index is -0.217. The van der Waals surface area contributed by atoms with E-state index in [1.807, 2.05) is 0 Å². The van der Waals surface area contributed by atoms with Gasteiger partial charge in [0, 0.05) is 6.07 Å². The SMILES string of the molecule is O=C(CCl)c1ccon1. The van der Waals surface area contributed by atoms with E-state index in [0.717, 1.165) is 0 Å². The fourth-order valence-corrected chi connectivity index (χ4v) is 0.562. The number of nitrogens with zero attached hydrogens (tertiary/aromatic N) is 1. The summed E-state index contributed by atoms with van der Waals surface area (Å²) in [5, 5.41) is 3.38. The van der Waals surface area contributed by atoms with Gasteiger partial charge in [0.1, 0.15) is 6.26 Å². The van der Waals surface area contributed by atoms with Gasteiger partial charge in [-0.15, -0.1) is 11.6 Å². The van der Waals surface area contributed by atoms with Gasteiger partial charge in [0.15, 0.2) is 11.5 Å². The molecule has 9 heavy (non-hydrogen) atoms. The molecule has 3 nitrogen and oxygen atoms in total. The van der Waals surface area contributed by atoms with Crippen molar-refractivity contribution in [1.82, 2.24) is 5.16 Å². The van der Waals surface area contributed by atoms with Crippen LogP contribution in [0, 0.1) is 0 Å². The number of ketones is 1. The van der Waals surface area contributed by atoms with Gasteiger partial charge in [-0.25, -0.2) is 0 Å². The highest BCUT2D eigenvalue weighted by Crippen LogP contribution is 1.96. The quantitative estimate of drug-likeness (QED) is 0.462. The van der Waals surface area contributed by atoms with Crippen LogP contribution in [-0.2, 0) is 0 Å². The summed E-state index contributed by atoms with van der Waals surface area (Å²) in [5.74, 6) is -0.266. The van der Waals surface area contributed by atoms with E-state index in [-0.39, 0.29) is 17.4 Å². The molecule has 1 aromatic rings. The number of hydrogen-bond donors (Lipinski definition) is 0. The Morgan fingerprint density at radius 2 is 2.67 bits per heavy atom. The second-order valence-electron chi connectivity index (χ2n) is 1.44. The number of alkyl halides is 1. The van der Waals surface area contributed by atoms with E-state index in [2.05, 4.69) is 9.68 Å². The lowest BCUT2D eigenvalue weighted by molar-refractivity contribution is 0.101. The lowest BCUT2D eigenvalue weighted by Gasteiger charge is -1.82. The first-order valence-electron chi connectivity index (χ1n) is 2.34. The zero-order chi connectivity index (χ0) is 6.69. The number of aromatic nitrogens is 1. The number of hydrogen-bond acceptors (Lipinski definition) is 3. The average molecular weight is 146 g/mol. The highest BCUT2D eigenvalue weighted by Gasteiger charge is 2.05. The molecule has 0 saturated carbocycles. The van der Waals surface area contributed by atoms with Gasteiger partial charge >= 0.3 is 0 Å². The van der Waals surface area contributed by atoms with Crippen LogP contribution in [0.1, 0.15) is 10.5 Å². The molecule has 0 unspecified atom stereocenters. The van der Waals surface area contributed by atoms with Crippen molar-refractivity contribution in [3.8, 4) is 0 Å². The minimum absolute atomic E-state index is 0.0491. The van der Waals surface area contributed by atoms with Crippen LogP contribution in [0.3, 0.4) is 0 Å². The average Bonchev–Trinajstić information content (AvgIpc) is 2.37. The summed E-state index contributed by atoms with van der Waals surface area (Å²) in [7, 11) is 0. The van der Waals surface area contributed by atoms with Gasteiger partial charge in [-0.1, -0.05) is 5.16 Å². The molecule has 4 heteroatoms. The summed E-state index contributed by atoms with van der Waals surface area (Å²) < 4.78 is 4.41. The molecular weight excluding hydrogens is 142 g/mol. The van der Waals surface area contributed by atoms with Crippen LogP contribution in [0.4, 0.5) is 0 Å². The molecule has 0 aliphatic carbocycles. The maximum atomic E-state index is 10.6. The molecule has 1 aromatic heterocycles. The lowest BCUT2D eigenvalue weighted by atomic mass is 10.3. The highest BCUT2D eigenvalue weighted by molar-refractivity contribution is 6.30. The molecule has 1 rings (SSSR count). The smallest absolute Gasteiger partial charge is 0.199 e. The molecule has 0 aromatic carbocycles. The third-order valence-electron chi connectivity index (χ3n) is 0.845. The Labute approximate surface area is 56.6 Å². The van der Waals surface area contributed by atoms with Crippen LogP contribution < -0.4 is 0 Å². The Morgan fingerprint density at radius 1 is 1.89 bits per heavy atom. The zero-order valence-electron chi connectivity index (χ0n) is 4.50. The summed E-state index contributed by atoms with van der Waals surface area (Å²) in [5.41, 5.74) is 0.282.